The average Bonchev–Trinajstić information content (AvgIpc) is 2.51. The minimum atomic E-state index is -1.08. The van der Waals surface area contributed by atoms with Crippen molar-refractivity contribution >= 4 is 34.0 Å². The number of fused-ring (bicyclic) bond motifs is 2. The molecule has 0 spiro atoms. The monoisotopic (exact) mass is 298 g/mol. The van der Waals surface area contributed by atoms with E-state index in [-0.39, 0.29) is 12.8 Å². The number of carboxylic acids is 2. The van der Waals surface area contributed by atoms with Gasteiger partial charge in [-0.05, 0) is 24.3 Å². The lowest BCUT2D eigenvalue weighted by Crippen LogP contribution is -2.00. The second-order valence-electron chi connectivity index (χ2n) is 4.49. The van der Waals surface area contributed by atoms with Gasteiger partial charge in [0.15, 0.2) is 0 Å². The van der Waals surface area contributed by atoms with Gasteiger partial charge in [-0.25, -0.2) is 9.97 Å². The van der Waals surface area contributed by atoms with Crippen LogP contribution in [0.25, 0.3) is 22.1 Å². The van der Waals surface area contributed by atoms with Crippen LogP contribution >= 0.6 is 0 Å². The zero-order chi connectivity index (χ0) is 15.9. The maximum absolute atomic E-state index is 9.64. The van der Waals surface area contributed by atoms with E-state index in [0.29, 0.717) is 0 Å². The fraction of sp³-hybridized carbons (Fsp3) is 0.125. The topological polar surface area (TPSA) is 100 Å². The van der Waals surface area contributed by atoms with Gasteiger partial charge in [0.05, 0.1) is 34.9 Å². The second kappa shape index (κ2) is 7.12. The van der Waals surface area contributed by atoms with E-state index in [2.05, 4.69) is 9.97 Å². The molecule has 0 amide bonds. The zero-order valence-electron chi connectivity index (χ0n) is 11.6. The molecule has 3 aromatic rings. The lowest BCUT2D eigenvalue weighted by atomic mass is 10.2. The zero-order valence-corrected chi connectivity index (χ0v) is 11.6. The molecule has 1 aromatic heterocycles. The van der Waals surface area contributed by atoms with Crippen molar-refractivity contribution in [1.82, 2.24) is 9.97 Å². The van der Waals surface area contributed by atoms with Gasteiger partial charge in [0, 0.05) is 0 Å². The molecule has 0 bridgehead atoms. The minimum Gasteiger partial charge on any atom is -0.481 e. The summed E-state index contributed by atoms with van der Waals surface area (Å²) in [5.41, 5.74) is 3.80. The van der Waals surface area contributed by atoms with Crippen LogP contribution in [0.1, 0.15) is 12.8 Å². The summed E-state index contributed by atoms with van der Waals surface area (Å²) in [7, 11) is 0. The Labute approximate surface area is 126 Å². The summed E-state index contributed by atoms with van der Waals surface area (Å²) in [6.45, 7) is 0. The molecule has 2 N–H and O–H groups in total. The Hall–Kier alpha value is -3.02. The van der Waals surface area contributed by atoms with Crippen molar-refractivity contribution in [2.75, 3.05) is 0 Å². The van der Waals surface area contributed by atoms with Gasteiger partial charge in [0.1, 0.15) is 0 Å². The van der Waals surface area contributed by atoms with E-state index in [0.717, 1.165) is 22.1 Å². The molecule has 0 radical (unpaired) electrons. The van der Waals surface area contributed by atoms with Gasteiger partial charge < -0.3 is 10.2 Å². The molecule has 1 heterocycles. The number of aliphatic carboxylic acids is 2. The largest absolute Gasteiger partial charge is 0.481 e. The van der Waals surface area contributed by atoms with Crippen molar-refractivity contribution in [2.45, 2.75) is 12.8 Å². The van der Waals surface area contributed by atoms with E-state index < -0.39 is 11.9 Å². The number of hydrogen-bond acceptors (Lipinski definition) is 4. The number of carbonyl (C=O) groups is 2. The van der Waals surface area contributed by atoms with E-state index in [4.69, 9.17) is 10.2 Å². The molecular formula is C16H14N2O4. The molecule has 0 aliphatic carbocycles. The second-order valence-corrected chi connectivity index (χ2v) is 4.49. The van der Waals surface area contributed by atoms with Crippen LogP contribution in [0.3, 0.4) is 0 Å². The number of carboxylic acid groups (broad SMARTS) is 2. The molecule has 0 saturated heterocycles. The first-order valence-electron chi connectivity index (χ1n) is 6.61. The van der Waals surface area contributed by atoms with Gasteiger partial charge in [0.25, 0.3) is 0 Å². The Morgan fingerprint density at radius 1 is 0.682 bits per heavy atom. The maximum Gasteiger partial charge on any atom is 0.303 e. The molecule has 0 atom stereocenters. The Kier molecular flexibility index (Phi) is 4.98. The summed E-state index contributed by atoms with van der Waals surface area (Å²) < 4.78 is 0. The fourth-order valence-corrected chi connectivity index (χ4v) is 1.78. The Bertz CT molecular complexity index is 698. The number of para-hydroxylation sites is 4. The van der Waals surface area contributed by atoms with Crippen molar-refractivity contribution in [1.29, 1.82) is 0 Å². The van der Waals surface area contributed by atoms with Crippen molar-refractivity contribution in [3.8, 4) is 0 Å². The van der Waals surface area contributed by atoms with Crippen molar-refractivity contribution in [3.63, 3.8) is 0 Å². The smallest absolute Gasteiger partial charge is 0.303 e. The quantitative estimate of drug-likeness (QED) is 0.721. The lowest BCUT2D eigenvalue weighted by molar-refractivity contribution is -0.143. The van der Waals surface area contributed by atoms with Crippen molar-refractivity contribution in [2.24, 2.45) is 0 Å². The number of rotatable bonds is 3. The van der Waals surface area contributed by atoms with E-state index in [1.165, 1.54) is 0 Å². The highest BCUT2D eigenvalue weighted by Crippen LogP contribution is 2.14. The number of aromatic nitrogens is 2. The minimum absolute atomic E-state index is 0.296. The molecule has 0 aliphatic heterocycles. The van der Waals surface area contributed by atoms with E-state index in [1.807, 2.05) is 48.5 Å². The van der Waals surface area contributed by atoms with Gasteiger partial charge >= 0.3 is 11.9 Å². The molecule has 6 nitrogen and oxygen atoms in total. The highest BCUT2D eigenvalue weighted by Gasteiger charge is 2.00. The molecule has 2 aromatic carbocycles. The van der Waals surface area contributed by atoms with Gasteiger partial charge in [-0.2, -0.15) is 0 Å². The lowest BCUT2D eigenvalue weighted by Gasteiger charge is -1.98. The SMILES string of the molecule is O=C(O)CCC(=O)O.c1ccc2nc3ccccc3nc2c1. The number of nitrogens with zero attached hydrogens (tertiary/aromatic N) is 2. The summed E-state index contributed by atoms with van der Waals surface area (Å²) in [4.78, 5) is 28.3. The third-order valence-electron chi connectivity index (χ3n) is 2.80. The van der Waals surface area contributed by atoms with Gasteiger partial charge in [0.2, 0.25) is 0 Å². The predicted octanol–water partition coefficient (Wildman–Crippen LogP) is 2.72. The summed E-state index contributed by atoms with van der Waals surface area (Å²) in [6.07, 6.45) is -0.593. The first-order chi connectivity index (χ1) is 10.6. The van der Waals surface area contributed by atoms with Crippen LogP contribution < -0.4 is 0 Å². The molecule has 22 heavy (non-hydrogen) atoms. The fourth-order valence-electron chi connectivity index (χ4n) is 1.78. The Morgan fingerprint density at radius 2 is 0.955 bits per heavy atom. The summed E-state index contributed by atoms with van der Waals surface area (Å²) in [6, 6.07) is 15.8. The van der Waals surface area contributed by atoms with Crippen LogP contribution in [-0.4, -0.2) is 32.1 Å². The predicted molar refractivity (Wildman–Crippen MR) is 81.5 cm³/mol. The molecular weight excluding hydrogens is 284 g/mol. The Balaban J connectivity index is 0.000000192. The standard InChI is InChI=1S/C12H8N2.C4H6O4/c1-2-6-10-9(5-1)13-11-7-3-4-8-12(11)14-10;5-3(6)1-2-4(7)8/h1-8H;1-2H2,(H,5,6)(H,7,8). The summed E-state index contributed by atoms with van der Waals surface area (Å²) in [5, 5.41) is 15.8. The van der Waals surface area contributed by atoms with Crippen LogP contribution in [0.4, 0.5) is 0 Å². The molecule has 0 fully saturated rings. The first-order valence-corrected chi connectivity index (χ1v) is 6.61. The molecule has 6 heteroatoms. The van der Waals surface area contributed by atoms with Gasteiger partial charge in [-0.15, -0.1) is 0 Å². The van der Waals surface area contributed by atoms with Gasteiger partial charge in [-0.1, -0.05) is 24.3 Å². The van der Waals surface area contributed by atoms with Crippen LogP contribution in [0.5, 0.6) is 0 Å². The van der Waals surface area contributed by atoms with Crippen molar-refractivity contribution < 1.29 is 19.8 Å². The molecule has 0 unspecified atom stereocenters. The van der Waals surface area contributed by atoms with Crippen LogP contribution in [-0.2, 0) is 9.59 Å². The average molecular weight is 298 g/mol. The third-order valence-corrected chi connectivity index (χ3v) is 2.80. The number of hydrogen-bond donors (Lipinski definition) is 2. The molecule has 0 aliphatic rings. The highest BCUT2D eigenvalue weighted by molar-refractivity contribution is 5.85. The molecule has 0 saturated carbocycles. The van der Waals surface area contributed by atoms with E-state index in [9.17, 15) is 9.59 Å². The third kappa shape index (κ3) is 4.24. The first kappa shape index (κ1) is 15.4. The number of benzene rings is 2. The molecule has 112 valence electrons. The van der Waals surface area contributed by atoms with Crippen LogP contribution in [0.15, 0.2) is 48.5 Å². The summed E-state index contributed by atoms with van der Waals surface area (Å²) in [5.74, 6) is -2.15. The van der Waals surface area contributed by atoms with E-state index >= 15 is 0 Å². The normalized spacial score (nSPS) is 10.0. The summed E-state index contributed by atoms with van der Waals surface area (Å²) >= 11 is 0. The molecule has 3 rings (SSSR count). The van der Waals surface area contributed by atoms with Gasteiger partial charge in [-0.3, -0.25) is 9.59 Å². The Morgan fingerprint density at radius 3 is 1.18 bits per heavy atom. The maximum atomic E-state index is 9.64. The van der Waals surface area contributed by atoms with Crippen molar-refractivity contribution in [3.05, 3.63) is 48.5 Å². The van der Waals surface area contributed by atoms with E-state index in [1.54, 1.807) is 0 Å². The van der Waals surface area contributed by atoms with Crippen LogP contribution in [0.2, 0.25) is 0 Å². The van der Waals surface area contributed by atoms with Crippen LogP contribution in [0, 0.1) is 0 Å². The highest BCUT2D eigenvalue weighted by atomic mass is 16.4.